The molecule has 1 aromatic heterocycles. The Balaban J connectivity index is 1.68. The van der Waals surface area contributed by atoms with E-state index in [9.17, 15) is 4.79 Å². The first-order chi connectivity index (χ1) is 11.2. The smallest absolute Gasteiger partial charge is 0.247 e. The van der Waals surface area contributed by atoms with Gasteiger partial charge in [0, 0.05) is 23.5 Å². The third-order valence-corrected chi connectivity index (χ3v) is 5.36. The van der Waals surface area contributed by atoms with E-state index >= 15 is 0 Å². The molecule has 120 valence electrons. The van der Waals surface area contributed by atoms with E-state index in [1.807, 2.05) is 47.4 Å². The van der Waals surface area contributed by atoms with Crippen molar-refractivity contribution in [2.75, 3.05) is 7.11 Å². The monoisotopic (exact) mass is 391 g/mol. The van der Waals surface area contributed by atoms with Crippen LogP contribution in [0.25, 0.3) is 6.08 Å². The summed E-state index contributed by atoms with van der Waals surface area (Å²) in [4.78, 5) is 15.6. The molecule has 1 fully saturated rings. The molecule has 0 bridgehead atoms. The SMILES string of the molecule is COc1ccc(CN(C(=O)/C=C/c2ccc(Br)s2)C2CC2)cc1. The van der Waals surface area contributed by atoms with Crippen LogP contribution in [0.2, 0.25) is 0 Å². The number of hydrogen-bond donors (Lipinski definition) is 0. The zero-order chi connectivity index (χ0) is 16.2. The molecule has 1 aliphatic rings. The van der Waals surface area contributed by atoms with Crippen molar-refractivity contribution < 1.29 is 9.53 Å². The minimum atomic E-state index is 0.0767. The molecule has 1 amide bonds. The second-order valence-electron chi connectivity index (χ2n) is 5.52. The van der Waals surface area contributed by atoms with E-state index < -0.39 is 0 Å². The van der Waals surface area contributed by atoms with Crippen LogP contribution >= 0.6 is 27.3 Å². The van der Waals surface area contributed by atoms with Gasteiger partial charge in [-0.05, 0) is 64.7 Å². The largest absolute Gasteiger partial charge is 0.497 e. The lowest BCUT2D eigenvalue weighted by molar-refractivity contribution is -0.127. The minimum Gasteiger partial charge on any atom is -0.497 e. The van der Waals surface area contributed by atoms with Crippen LogP contribution in [0.4, 0.5) is 0 Å². The van der Waals surface area contributed by atoms with Crippen molar-refractivity contribution in [2.45, 2.75) is 25.4 Å². The lowest BCUT2D eigenvalue weighted by atomic mass is 10.2. The number of amides is 1. The number of halogens is 1. The Labute approximate surface area is 148 Å². The maximum Gasteiger partial charge on any atom is 0.247 e. The van der Waals surface area contributed by atoms with Gasteiger partial charge < -0.3 is 9.64 Å². The fourth-order valence-corrected chi connectivity index (χ4v) is 3.69. The molecule has 0 radical (unpaired) electrons. The highest BCUT2D eigenvalue weighted by Gasteiger charge is 2.31. The van der Waals surface area contributed by atoms with E-state index in [1.165, 1.54) is 0 Å². The zero-order valence-corrected chi connectivity index (χ0v) is 15.3. The number of hydrogen-bond acceptors (Lipinski definition) is 3. The van der Waals surface area contributed by atoms with Crippen LogP contribution in [0.5, 0.6) is 5.75 Å². The second-order valence-corrected chi connectivity index (χ2v) is 8.02. The number of carbonyl (C=O) groups excluding carboxylic acids is 1. The summed E-state index contributed by atoms with van der Waals surface area (Å²) >= 11 is 5.06. The minimum absolute atomic E-state index is 0.0767. The maximum absolute atomic E-state index is 12.5. The van der Waals surface area contributed by atoms with E-state index in [1.54, 1.807) is 24.5 Å². The van der Waals surface area contributed by atoms with Gasteiger partial charge in [0.1, 0.15) is 5.75 Å². The van der Waals surface area contributed by atoms with Gasteiger partial charge in [0.2, 0.25) is 5.91 Å². The van der Waals surface area contributed by atoms with Crippen LogP contribution < -0.4 is 4.74 Å². The summed E-state index contributed by atoms with van der Waals surface area (Å²) in [5.74, 6) is 0.911. The highest BCUT2D eigenvalue weighted by atomic mass is 79.9. The maximum atomic E-state index is 12.5. The first-order valence-electron chi connectivity index (χ1n) is 7.52. The standard InChI is InChI=1S/C18H18BrNO2S/c1-22-15-6-2-13(3-7-15)12-20(14-4-5-14)18(21)11-9-16-8-10-17(19)23-16/h2-3,6-11,14H,4-5,12H2,1H3/b11-9+. The Hall–Kier alpha value is -1.59. The Morgan fingerprint density at radius 3 is 2.61 bits per heavy atom. The topological polar surface area (TPSA) is 29.5 Å². The van der Waals surface area contributed by atoms with Crippen molar-refractivity contribution in [3.8, 4) is 5.75 Å². The van der Waals surface area contributed by atoms with Gasteiger partial charge in [-0.15, -0.1) is 11.3 Å². The summed E-state index contributed by atoms with van der Waals surface area (Å²) in [7, 11) is 1.66. The first-order valence-corrected chi connectivity index (χ1v) is 9.13. The van der Waals surface area contributed by atoms with Gasteiger partial charge in [-0.25, -0.2) is 0 Å². The quantitative estimate of drug-likeness (QED) is 0.666. The summed E-state index contributed by atoms with van der Waals surface area (Å²) in [5.41, 5.74) is 1.12. The highest BCUT2D eigenvalue weighted by molar-refractivity contribution is 9.11. The Morgan fingerprint density at radius 2 is 2.04 bits per heavy atom. The second kappa shape index (κ2) is 7.32. The normalized spacial score (nSPS) is 14.2. The number of carbonyl (C=O) groups is 1. The van der Waals surface area contributed by atoms with E-state index in [0.29, 0.717) is 12.6 Å². The molecule has 5 heteroatoms. The Morgan fingerprint density at radius 1 is 1.30 bits per heavy atom. The summed E-state index contributed by atoms with van der Waals surface area (Å²) in [6, 6.07) is 12.3. The average Bonchev–Trinajstić information content (AvgIpc) is 3.32. The van der Waals surface area contributed by atoms with Crippen LogP contribution in [-0.2, 0) is 11.3 Å². The average molecular weight is 392 g/mol. The van der Waals surface area contributed by atoms with Crippen LogP contribution in [0.3, 0.4) is 0 Å². The molecule has 3 rings (SSSR count). The van der Waals surface area contributed by atoms with E-state index in [-0.39, 0.29) is 5.91 Å². The molecule has 0 unspecified atom stereocenters. The lowest BCUT2D eigenvalue weighted by Gasteiger charge is -2.21. The fraction of sp³-hybridized carbons (Fsp3) is 0.278. The molecule has 1 aromatic carbocycles. The summed E-state index contributed by atoms with van der Waals surface area (Å²) in [6.07, 6.45) is 5.77. The van der Waals surface area contributed by atoms with Crippen LogP contribution in [-0.4, -0.2) is 24.0 Å². The number of rotatable bonds is 6. The van der Waals surface area contributed by atoms with Crippen LogP contribution in [0.15, 0.2) is 46.3 Å². The summed E-state index contributed by atoms with van der Waals surface area (Å²) < 4.78 is 6.25. The predicted molar refractivity (Wildman–Crippen MR) is 97.6 cm³/mol. The summed E-state index contributed by atoms with van der Waals surface area (Å²) in [6.45, 7) is 0.645. The van der Waals surface area contributed by atoms with Crippen molar-refractivity contribution >= 4 is 39.2 Å². The lowest BCUT2D eigenvalue weighted by Crippen LogP contribution is -2.31. The third kappa shape index (κ3) is 4.45. The molecule has 1 saturated carbocycles. The van der Waals surface area contributed by atoms with Gasteiger partial charge >= 0.3 is 0 Å². The van der Waals surface area contributed by atoms with Crippen molar-refractivity contribution in [1.82, 2.24) is 4.90 Å². The molecule has 0 N–H and O–H groups in total. The molecule has 23 heavy (non-hydrogen) atoms. The molecule has 2 aromatic rings. The zero-order valence-electron chi connectivity index (χ0n) is 12.9. The van der Waals surface area contributed by atoms with Gasteiger partial charge in [0.05, 0.1) is 10.9 Å². The Kier molecular flexibility index (Phi) is 5.18. The fourth-order valence-electron chi connectivity index (χ4n) is 2.37. The highest BCUT2D eigenvalue weighted by Crippen LogP contribution is 2.29. The molecule has 1 heterocycles. The molecule has 1 aliphatic carbocycles. The van der Waals surface area contributed by atoms with Crippen molar-refractivity contribution in [1.29, 1.82) is 0 Å². The number of methoxy groups -OCH3 is 1. The molecule has 0 saturated heterocycles. The molecule has 0 atom stereocenters. The molecular weight excluding hydrogens is 374 g/mol. The van der Waals surface area contributed by atoms with Gasteiger partial charge in [0.15, 0.2) is 0 Å². The number of nitrogens with zero attached hydrogens (tertiary/aromatic N) is 1. The van der Waals surface area contributed by atoms with E-state index in [2.05, 4.69) is 15.9 Å². The van der Waals surface area contributed by atoms with Crippen molar-refractivity contribution in [2.24, 2.45) is 0 Å². The molecular formula is C18H18BrNO2S. The predicted octanol–water partition coefficient (Wildman–Crippen LogP) is 4.72. The number of ether oxygens (including phenoxy) is 1. The van der Waals surface area contributed by atoms with E-state index in [0.717, 1.165) is 32.8 Å². The molecule has 0 spiro atoms. The number of thiophene rings is 1. The van der Waals surface area contributed by atoms with Gasteiger partial charge in [0.25, 0.3) is 0 Å². The Bertz CT molecular complexity index is 704. The van der Waals surface area contributed by atoms with Gasteiger partial charge in [-0.3, -0.25) is 4.79 Å². The first kappa shape index (κ1) is 16.3. The summed E-state index contributed by atoms with van der Waals surface area (Å²) in [5, 5.41) is 0. The van der Waals surface area contributed by atoms with Crippen molar-refractivity contribution in [3.63, 3.8) is 0 Å². The van der Waals surface area contributed by atoms with Gasteiger partial charge in [-0.1, -0.05) is 12.1 Å². The number of benzene rings is 1. The third-order valence-electron chi connectivity index (χ3n) is 3.77. The van der Waals surface area contributed by atoms with Crippen LogP contribution in [0, 0.1) is 0 Å². The van der Waals surface area contributed by atoms with Crippen LogP contribution in [0.1, 0.15) is 23.3 Å². The van der Waals surface area contributed by atoms with Gasteiger partial charge in [-0.2, -0.15) is 0 Å². The van der Waals surface area contributed by atoms with Crippen molar-refractivity contribution in [3.05, 3.63) is 56.7 Å². The molecule has 3 nitrogen and oxygen atoms in total. The van der Waals surface area contributed by atoms with E-state index in [4.69, 9.17) is 4.74 Å². The molecule has 0 aliphatic heterocycles.